The maximum atomic E-state index is 13.6. The number of hydrogen-bond donors (Lipinski definition) is 1. The maximum absolute atomic E-state index is 13.6. The van der Waals surface area contributed by atoms with E-state index in [1.165, 1.54) is 6.08 Å². The van der Waals surface area contributed by atoms with Gasteiger partial charge in [-0.15, -0.1) is 0 Å². The predicted octanol–water partition coefficient (Wildman–Crippen LogP) is 5.15. The van der Waals surface area contributed by atoms with E-state index in [2.05, 4.69) is 10.1 Å². The molecule has 9 heteroatoms. The van der Waals surface area contributed by atoms with Gasteiger partial charge >= 0.3 is 5.97 Å². The Morgan fingerprint density at radius 2 is 1.86 bits per heavy atom. The number of rotatable bonds is 7. The smallest absolute Gasteiger partial charge is 0.328 e. The molecule has 1 aromatic carbocycles. The van der Waals surface area contributed by atoms with Crippen molar-refractivity contribution in [3.05, 3.63) is 47.6 Å². The first-order chi connectivity index (χ1) is 16.6. The first-order valence-corrected chi connectivity index (χ1v) is 12.1. The quantitative estimate of drug-likeness (QED) is 0.545. The number of aromatic nitrogens is 2. The zero-order valence-corrected chi connectivity index (χ0v) is 19.7. The molecule has 1 heterocycles. The molecule has 4 fully saturated rings. The molecule has 0 radical (unpaired) electrons. The lowest BCUT2D eigenvalue weighted by molar-refractivity contribution is -0.148. The lowest BCUT2D eigenvalue weighted by Gasteiger charge is -2.53. The average Bonchev–Trinajstić information content (AvgIpc) is 3.28. The van der Waals surface area contributed by atoms with Crippen LogP contribution in [-0.4, -0.2) is 39.6 Å². The monoisotopic (exact) mass is 485 g/mol. The number of carboxylic acids is 1. The summed E-state index contributed by atoms with van der Waals surface area (Å²) < 4.78 is 32.7. The lowest BCUT2D eigenvalue weighted by atomic mass is 9.53. The van der Waals surface area contributed by atoms with Gasteiger partial charge in [-0.3, -0.25) is 4.79 Å². The number of alkyl halides is 2. The summed E-state index contributed by atoms with van der Waals surface area (Å²) in [6.45, 7) is 2.27. The summed E-state index contributed by atoms with van der Waals surface area (Å²) >= 11 is 0. The number of aryl methyl sites for hydroxylation is 1. The Morgan fingerprint density at radius 3 is 2.43 bits per heavy atom. The van der Waals surface area contributed by atoms with Gasteiger partial charge in [-0.1, -0.05) is 17.3 Å². The fraction of sp³-hybridized carbons (Fsp3) is 0.538. The van der Waals surface area contributed by atoms with Crippen molar-refractivity contribution in [3.8, 4) is 0 Å². The van der Waals surface area contributed by atoms with Gasteiger partial charge in [0.1, 0.15) is 0 Å². The number of anilines is 1. The molecular weight excluding hydrogens is 456 g/mol. The average molecular weight is 486 g/mol. The number of hydrogen-bond acceptors (Lipinski definition) is 5. The normalized spacial score (nSPS) is 27.6. The van der Waals surface area contributed by atoms with Gasteiger partial charge in [0.05, 0.1) is 0 Å². The summed E-state index contributed by atoms with van der Waals surface area (Å²) in [6.07, 6.45) is 6.98. The number of amides is 1. The van der Waals surface area contributed by atoms with E-state index in [0.29, 0.717) is 29.5 Å². The van der Waals surface area contributed by atoms with Gasteiger partial charge in [-0.05, 0) is 74.6 Å². The number of nitrogens with zero attached hydrogens (tertiary/aromatic N) is 3. The Kier molecular flexibility index (Phi) is 5.76. The van der Waals surface area contributed by atoms with Gasteiger partial charge in [0.15, 0.2) is 5.82 Å². The van der Waals surface area contributed by atoms with Crippen molar-refractivity contribution < 1.29 is 28.0 Å². The van der Waals surface area contributed by atoms with Gasteiger partial charge in [0, 0.05) is 42.5 Å². The van der Waals surface area contributed by atoms with E-state index in [-0.39, 0.29) is 16.7 Å². The molecule has 1 amide bonds. The zero-order chi connectivity index (χ0) is 24.8. The Hall–Kier alpha value is -3.10. The molecule has 6 rings (SSSR count). The zero-order valence-electron chi connectivity index (χ0n) is 19.7. The summed E-state index contributed by atoms with van der Waals surface area (Å²) in [5, 5.41) is 12.9. The topological polar surface area (TPSA) is 96.5 Å². The molecule has 2 aromatic rings. The van der Waals surface area contributed by atoms with Crippen LogP contribution in [-0.2, 0) is 15.0 Å². The highest BCUT2D eigenvalue weighted by Gasteiger charge is 2.54. The minimum Gasteiger partial charge on any atom is -0.478 e. The molecule has 0 aliphatic heterocycles. The molecule has 0 atom stereocenters. The van der Waals surface area contributed by atoms with E-state index in [1.807, 2.05) is 6.92 Å². The molecule has 0 spiro atoms. The molecule has 7 nitrogen and oxygen atoms in total. The Balaban J connectivity index is 1.39. The van der Waals surface area contributed by atoms with Crippen LogP contribution in [0.2, 0.25) is 0 Å². The summed E-state index contributed by atoms with van der Waals surface area (Å²) in [5.74, 6) is -3.50. The highest BCUT2D eigenvalue weighted by Crippen LogP contribution is 2.58. The van der Waals surface area contributed by atoms with Crippen LogP contribution in [0.3, 0.4) is 0 Å². The summed E-state index contributed by atoms with van der Waals surface area (Å²) in [4.78, 5) is 30.6. The van der Waals surface area contributed by atoms with Crippen molar-refractivity contribution in [1.82, 2.24) is 10.1 Å². The molecule has 186 valence electrons. The van der Waals surface area contributed by atoms with E-state index in [9.17, 15) is 18.4 Å². The van der Waals surface area contributed by atoms with E-state index >= 15 is 0 Å². The van der Waals surface area contributed by atoms with Crippen LogP contribution in [0.5, 0.6) is 0 Å². The minimum atomic E-state index is -2.78. The third kappa shape index (κ3) is 4.60. The van der Waals surface area contributed by atoms with Crippen molar-refractivity contribution in [1.29, 1.82) is 0 Å². The van der Waals surface area contributed by atoms with Crippen LogP contribution in [0.4, 0.5) is 14.5 Å². The molecular formula is C26H29F2N3O4. The minimum absolute atomic E-state index is 0.106. The maximum Gasteiger partial charge on any atom is 0.328 e. The van der Waals surface area contributed by atoms with Gasteiger partial charge in [-0.2, -0.15) is 4.98 Å². The summed E-state index contributed by atoms with van der Waals surface area (Å²) in [7, 11) is 0. The van der Waals surface area contributed by atoms with E-state index < -0.39 is 30.7 Å². The molecule has 4 aliphatic rings. The van der Waals surface area contributed by atoms with Crippen molar-refractivity contribution in [2.24, 2.45) is 11.3 Å². The number of aliphatic carboxylic acids is 1. The van der Waals surface area contributed by atoms with Crippen molar-refractivity contribution in [2.45, 2.75) is 69.6 Å². The van der Waals surface area contributed by atoms with E-state index in [1.54, 1.807) is 29.2 Å². The molecule has 4 aliphatic carbocycles. The van der Waals surface area contributed by atoms with E-state index in [4.69, 9.17) is 9.63 Å². The van der Waals surface area contributed by atoms with Crippen LogP contribution < -0.4 is 4.90 Å². The first kappa shape index (κ1) is 23.6. The van der Waals surface area contributed by atoms with Crippen LogP contribution in [0.15, 0.2) is 34.9 Å². The van der Waals surface area contributed by atoms with Gasteiger partial charge in [-0.25, -0.2) is 13.6 Å². The highest BCUT2D eigenvalue weighted by molar-refractivity contribution is 5.96. The fourth-order valence-electron chi connectivity index (χ4n) is 5.99. The third-order valence-corrected chi connectivity index (χ3v) is 8.18. The number of carbonyl (C=O) groups is 2. The van der Waals surface area contributed by atoms with E-state index in [0.717, 1.165) is 44.6 Å². The fourth-order valence-corrected chi connectivity index (χ4v) is 5.99. The second-order valence-electron chi connectivity index (χ2n) is 10.6. The number of halogens is 2. The lowest BCUT2D eigenvalue weighted by Crippen LogP contribution is -2.53. The largest absolute Gasteiger partial charge is 0.478 e. The third-order valence-electron chi connectivity index (χ3n) is 8.18. The van der Waals surface area contributed by atoms with Gasteiger partial charge in [0.2, 0.25) is 17.7 Å². The number of benzene rings is 1. The second-order valence-corrected chi connectivity index (χ2v) is 10.6. The Bertz CT molecular complexity index is 1140. The SMILES string of the molecule is Cc1noc(C23CCC(CN(C(=O)C4CC(F)(F)C4)c4cccc(/C=C/C(=O)O)c4)(CC2)CC3)n1. The number of carbonyl (C=O) groups excluding carboxylic acids is 1. The van der Waals surface area contributed by atoms with Crippen LogP contribution in [0.1, 0.15) is 68.6 Å². The van der Waals surface area contributed by atoms with Gasteiger partial charge in [0.25, 0.3) is 0 Å². The molecule has 0 saturated heterocycles. The number of fused-ring (bicyclic) bond motifs is 3. The van der Waals surface area contributed by atoms with Crippen molar-refractivity contribution in [3.63, 3.8) is 0 Å². The molecule has 1 N–H and O–H groups in total. The van der Waals surface area contributed by atoms with Crippen molar-refractivity contribution >= 4 is 23.6 Å². The first-order valence-electron chi connectivity index (χ1n) is 12.1. The summed E-state index contributed by atoms with van der Waals surface area (Å²) in [6, 6.07) is 7.06. The van der Waals surface area contributed by atoms with Crippen molar-refractivity contribution in [2.75, 3.05) is 11.4 Å². The molecule has 4 saturated carbocycles. The second kappa shape index (κ2) is 8.53. The molecule has 2 bridgehead atoms. The predicted molar refractivity (Wildman–Crippen MR) is 124 cm³/mol. The Morgan fingerprint density at radius 1 is 1.17 bits per heavy atom. The standard InChI is InChI=1S/C26H29F2N3O4/c1-17-29-23(35-30-17)25-10-7-24(8-11-25,9-12-25)16-31(22(34)19-14-26(27,28)15-19)20-4-2-3-18(13-20)5-6-21(32)33/h2-6,13,19H,7-12,14-16H2,1H3,(H,32,33)/b6-5+. The van der Waals surface area contributed by atoms with Crippen LogP contribution in [0.25, 0.3) is 6.08 Å². The van der Waals surface area contributed by atoms with Crippen LogP contribution >= 0.6 is 0 Å². The summed E-state index contributed by atoms with van der Waals surface area (Å²) in [5.41, 5.74) is 1.03. The number of carboxylic acid groups (broad SMARTS) is 1. The highest BCUT2D eigenvalue weighted by atomic mass is 19.3. The molecule has 1 aromatic heterocycles. The molecule has 35 heavy (non-hydrogen) atoms. The van der Waals surface area contributed by atoms with Gasteiger partial charge < -0.3 is 14.5 Å². The molecule has 0 unspecified atom stereocenters. The van der Waals surface area contributed by atoms with Crippen LogP contribution in [0, 0.1) is 18.3 Å². The Labute approximate surface area is 202 Å².